The Balaban J connectivity index is 1.74. The van der Waals surface area contributed by atoms with E-state index in [4.69, 9.17) is 11.5 Å². The van der Waals surface area contributed by atoms with Crippen LogP contribution < -0.4 is 16.8 Å². The minimum absolute atomic E-state index is 0.0339. The Morgan fingerprint density at radius 1 is 0.885 bits per heavy atom. The number of hydrogen-bond acceptors (Lipinski definition) is 4. The van der Waals surface area contributed by atoms with Gasteiger partial charge in [-0.15, -0.1) is 0 Å². The lowest BCUT2D eigenvalue weighted by Gasteiger charge is -2.10. The molecule has 0 amide bonds. The Kier molecular flexibility index (Phi) is 5.34. The molecule has 0 fully saturated rings. The molecule has 0 aliphatic carbocycles. The van der Waals surface area contributed by atoms with E-state index in [1.807, 2.05) is 62.4 Å². The molecule has 26 heavy (non-hydrogen) atoms. The van der Waals surface area contributed by atoms with E-state index in [-0.39, 0.29) is 6.04 Å². The summed E-state index contributed by atoms with van der Waals surface area (Å²) in [5.74, 6) is 0. The van der Waals surface area contributed by atoms with Crippen molar-refractivity contribution in [3.8, 4) is 11.1 Å². The summed E-state index contributed by atoms with van der Waals surface area (Å²) in [6.45, 7) is 3.88. The van der Waals surface area contributed by atoms with E-state index in [9.17, 15) is 0 Å². The maximum Gasteiger partial charge on any atom is 0.0630 e. The molecule has 132 valence electrons. The van der Waals surface area contributed by atoms with Crippen LogP contribution in [0.3, 0.4) is 0 Å². The first-order valence-corrected chi connectivity index (χ1v) is 8.66. The summed E-state index contributed by atoms with van der Waals surface area (Å²) in [7, 11) is 0. The van der Waals surface area contributed by atoms with Crippen LogP contribution in [-0.4, -0.2) is 11.8 Å². The Morgan fingerprint density at radius 3 is 2.04 bits per heavy atom. The van der Waals surface area contributed by atoms with Crippen LogP contribution in [0.4, 0.5) is 22.7 Å². The molecule has 3 rings (SSSR count). The molecule has 0 aromatic heterocycles. The second-order valence-corrected chi connectivity index (χ2v) is 6.38. The molecule has 0 radical (unpaired) electrons. The van der Waals surface area contributed by atoms with Gasteiger partial charge in [0, 0.05) is 17.4 Å². The number of benzene rings is 3. The predicted octanol–water partition coefficient (Wildman–Crippen LogP) is 5.12. The first-order valence-electron chi connectivity index (χ1n) is 8.66. The van der Waals surface area contributed by atoms with Crippen molar-refractivity contribution in [3.05, 3.63) is 72.8 Å². The van der Waals surface area contributed by atoms with E-state index >= 15 is 0 Å². The summed E-state index contributed by atoms with van der Waals surface area (Å²) in [6, 6.07) is 24.2. The fourth-order valence-electron chi connectivity index (χ4n) is 2.55. The number of nitrogens with two attached hydrogens (primary N) is 2. The third-order valence-corrected chi connectivity index (χ3v) is 4.29. The number of aliphatic imine (C=N–C) groups is 1. The van der Waals surface area contributed by atoms with Crippen LogP contribution in [0.2, 0.25) is 0 Å². The fourth-order valence-corrected chi connectivity index (χ4v) is 2.55. The minimum atomic E-state index is -0.0339. The molecule has 0 bridgehead atoms. The molecule has 0 saturated heterocycles. The van der Waals surface area contributed by atoms with Crippen molar-refractivity contribution < 1.29 is 0 Å². The number of nitrogens with zero attached hydrogens (tertiary/aromatic N) is 1. The molecule has 0 aliphatic heterocycles. The second-order valence-electron chi connectivity index (χ2n) is 6.38. The highest BCUT2D eigenvalue weighted by Crippen LogP contribution is 2.27. The number of nitrogens with one attached hydrogen (secondary N) is 1. The average molecular weight is 344 g/mol. The molecule has 4 heteroatoms. The molecule has 3 aromatic rings. The van der Waals surface area contributed by atoms with Gasteiger partial charge in [-0.2, -0.15) is 0 Å². The summed E-state index contributed by atoms with van der Waals surface area (Å²) in [6.07, 6.45) is 0. The van der Waals surface area contributed by atoms with E-state index < -0.39 is 0 Å². The van der Waals surface area contributed by atoms with Crippen LogP contribution >= 0.6 is 0 Å². The van der Waals surface area contributed by atoms with Crippen molar-refractivity contribution in [3.63, 3.8) is 0 Å². The van der Waals surface area contributed by atoms with E-state index in [0.29, 0.717) is 0 Å². The fraction of sp³-hybridized carbons (Fsp3) is 0.136. The molecular formula is C22H24N4. The number of nitrogen functional groups attached to an aromatic ring is 1. The maximum absolute atomic E-state index is 5.98. The molecule has 5 N–H and O–H groups in total. The summed E-state index contributed by atoms with van der Waals surface area (Å²) < 4.78 is 0. The third kappa shape index (κ3) is 4.29. The van der Waals surface area contributed by atoms with Crippen molar-refractivity contribution in [2.45, 2.75) is 19.9 Å². The first-order chi connectivity index (χ1) is 12.5. The minimum Gasteiger partial charge on any atom is -0.397 e. The van der Waals surface area contributed by atoms with E-state index in [2.05, 4.69) is 34.6 Å². The van der Waals surface area contributed by atoms with Crippen LogP contribution in [0, 0.1) is 0 Å². The number of hydrogen-bond donors (Lipinski definition) is 3. The average Bonchev–Trinajstić information content (AvgIpc) is 2.65. The van der Waals surface area contributed by atoms with Gasteiger partial charge in [-0.05, 0) is 61.4 Å². The topological polar surface area (TPSA) is 76.4 Å². The zero-order valence-electron chi connectivity index (χ0n) is 15.1. The highest BCUT2D eigenvalue weighted by molar-refractivity contribution is 5.89. The smallest absolute Gasteiger partial charge is 0.0630 e. The highest BCUT2D eigenvalue weighted by Gasteiger charge is 2.02. The Hall–Kier alpha value is -3.11. The lowest BCUT2D eigenvalue weighted by atomic mass is 10.0. The molecule has 0 aliphatic rings. The van der Waals surface area contributed by atoms with Gasteiger partial charge in [0.05, 0.1) is 17.1 Å². The van der Waals surface area contributed by atoms with Gasteiger partial charge in [-0.25, -0.2) is 0 Å². The highest BCUT2D eigenvalue weighted by atomic mass is 14.9. The van der Waals surface area contributed by atoms with Crippen LogP contribution in [0.1, 0.15) is 13.8 Å². The van der Waals surface area contributed by atoms with E-state index in [1.165, 1.54) is 0 Å². The molecule has 0 spiro atoms. The largest absolute Gasteiger partial charge is 0.397 e. The quantitative estimate of drug-likeness (QED) is 0.444. The monoisotopic (exact) mass is 344 g/mol. The molecule has 4 nitrogen and oxygen atoms in total. The molecule has 0 saturated carbocycles. The van der Waals surface area contributed by atoms with Crippen LogP contribution in [0.5, 0.6) is 0 Å². The summed E-state index contributed by atoms with van der Waals surface area (Å²) >= 11 is 0. The predicted molar refractivity (Wildman–Crippen MR) is 112 cm³/mol. The van der Waals surface area contributed by atoms with Gasteiger partial charge in [-0.1, -0.05) is 36.4 Å². The van der Waals surface area contributed by atoms with Gasteiger partial charge >= 0.3 is 0 Å². The van der Waals surface area contributed by atoms with Gasteiger partial charge in [0.25, 0.3) is 0 Å². The second kappa shape index (κ2) is 7.85. The third-order valence-electron chi connectivity index (χ3n) is 4.29. The van der Waals surface area contributed by atoms with Gasteiger partial charge in [-0.3, -0.25) is 4.99 Å². The molecule has 1 atom stereocenters. The van der Waals surface area contributed by atoms with E-state index in [1.54, 1.807) is 0 Å². The number of rotatable bonds is 5. The maximum atomic E-state index is 5.98. The standard InChI is InChI=1S/C22H24N4/c1-15(23)16(2)25-19-11-7-17(8-12-19)18-9-13-20(14-10-18)26-22-6-4-3-5-21(22)24/h3-15,26H,23-24H2,1-2H3. The SMILES string of the molecule is CC(=Nc1ccc(-c2ccc(Nc3ccccc3N)cc2)cc1)C(C)N. The molecule has 3 aromatic carbocycles. The van der Waals surface area contributed by atoms with Crippen LogP contribution in [-0.2, 0) is 0 Å². The van der Waals surface area contributed by atoms with Gasteiger partial charge in [0.15, 0.2) is 0 Å². The zero-order valence-corrected chi connectivity index (χ0v) is 15.1. The van der Waals surface area contributed by atoms with Crippen molar-refractivity contribution in [2.24, 2.45) is 10.7 Å². The zero-order chi connectivity index (χ0) is 18.5. The number of anilines is 3. The van der Waals surface area contributed by atoms with E-state index in [0.717, 1.165) is 39.6 Å². The van der Waals surface area contributed by atoms with Gasteiger partial charge in [0.1, 0.15) is 0 Å². The Morgan fingerprint density at radius 2 is 1.46 bits per heavy atom. The molecule has 0 heterocycles. The summed E-state index contributed by atoms with van der Waals surface area (Å²) in [5, 5.41) is 3.34. The van der Waals surface area contributed by atoms with Crippen molar-refractivity contribution in [1.82, 2.24) is 0 Å². The lowest BCUT2D eigenvalue weighted by molar-refractivity contribution is 0.967. The summed E-state index contributed by atoms with van der Waals surface area (Å²) in [4.78, 5) is 4.53. The van der Waals surface area contributed by atoms with Gasteiger partial charge in [0.2, 0.25) is 0 Å². The van der Waals surface area contributed by atoms with Gasteiger partial charge < -0.3 is 16.8 Å². The Bertz CT molecular complexity index is 894. The van der Waals surface area contributed by atoms with Crippen molar-refractivity contribution >= 4 is 28.5 Å². The normalized spacial score (nSPS) is 12.7. The summed E-state index contributed by atoms with van der Waals surface area (Å²) in [5.41, 5.74) is 18.6. The van der Waals surface area contributed by atoms with Crippen LogP contribution in [0.15, 0.2) is 77.8 Å². The first kappa shape index (κ1) is 17.7. The van der Waals surface area contributed by atoms with Crippen molar-refractivity contribution in [2.75, 3.05) is 11.1 Å². The lowest BCUT2D eigenvalue weighted by Crippen LogP contribution is -2.23. The number of para-hydroxylation sites is 2. The van der Waals surface area contributed by atoms with Crippen LogP contribution in [0.25, 0.3) is 11.1 Å². The van der Waals surface area contributed by atoms with Crippen molar-refractivity contribution in [1.29, 1.82) is 0 Å². The molecule has 1 unspecified atom stereocenters. The molecular weight excluding hydrogens is 320 g/mol. The Labute approximate surface area is 154 Å².